The van der Waals surface area contributed by atoms with E-state index in [1.807, 2.05) is 17.0 Å². The van der Waals surface area contributed by atoms with Crippen LogP contribution in [0.15, 0.2) is 22.7 Å². The van der Waals surface area contributed by atoms with Crippen molar-refractivity contribution in [2.45, 2.75) is 59.9 Å². The molecule has 0 bridgehead atoms. The fourth-order valence-electron chi connectivity index (χ4n) is 3.03. The van der Waals surface area contributed by atoms with Crippen molar-refractivity contribution in [2.75, 3.05) is 20.8 Å². The van der Waals surface area contributed by atoms with Crippen LogP contribution in [0.2, 0.25) is 0 Å². The molecule has 1 aromatic carbocycles. The third kappa shape index (κ3) is 6.21. The number of hydrogen-bond acceptors (Lipinski definition) is 6. The molecule has 7 nitrogen and oxygen atoms in total. The van der Waals surface area contributed by atoms with Gasteiger partial charge < -0.3 is 18.9 Å². The maximum atomic E-state index is 12.8. The van der Waals surface area contributed by atoms with Crippen LogP contribution in [0.4, 0.5) is 0 Å². The molecule has 0 saturated heterocycles. The van der Waals surface area contributed by atoms with Gasteiger partial charge in [-0.1, -0.05) is 32.9 Å². The van der Waals surface area contributed by atoms with Gasteiger partial charge >= 0.3 is 0 Å². The second-order valence-corrected chi connectivity index (χ2v) is 8.41. The first-order valence-electron chi connectivity index (χ1n) is 10.0. The van der Waals surface area contributed by atoms with Crippen LogP contribution in [0, 0.1) is 5.41 Å². The molecule has 0 radical (unpaired) electrons. The topological polar surface area (TPSA) is 77.7 Å². The fourth-order valence-corrected chi connectivity index (χ4v) is 3.03. The quantitative estimate of drug-likeness (QED) is 0.619. The molecule has 2 aromatic rings. The Morgan fingerprint density at radius 2 is 1.90 bits per heavy atom. The summed E-state index contributed by atoms with van der Waals surface area (Å²) < 4.78 is 16.0. The zero-order valence-electron chi connectivity index (χ0n) is 18.6. The average molecular weight is 404 g/mol. The number of benzene rings is 1. The SMILES string of the molecule is CC[C@@H](C)N(CCc1nc(-c2ccc(OC)c(OC)c2)no1)C(=O)CC(C)(C)C. The van der Waals surface area contributed by atoms with E-state index in [0.29, 0.717) is 42.6 Å². The Balaban J connectivity index is 2.11. The molecular weight excluding hydrogens is 370 g/mol. The van der Waals surface area contributed by atoms with Crippen molar-refractivity contribution in [3.05, 3.63) is 24.1 Å². The van der Waals surface area contributed by atoms with Gasteiger partial charge in [0.2, 0.25) is 17.6 Å². The van der Waals surface area contributed by atoms with Gasteiger partial charge in [-0.25, -0.2) is 0 Å². The number of amides is 1. The number of rotatable bonds is 9. The Hall–Kier alpha value is -2.57. The molecule has 0 aliphatic heterocycles. The Kier molecular flexibility index (Phi) is 7.65. The molecule has 0 spiro atoms. The van der Waals surface area contributed by atoms with E-state index in [0.717, 1.165) is 12.0 Å². The van der Waals surface area contributed by atoms with Crippen LogP contribution < -0.4 is 9.47 Å². The lowest BCUT2D eigenvalue weighted by Gasteiger charge is -2.31. The summed E-state index contributed by atoms with van der Waals surface area (Å²) in [6, 6.07) is 5.64. The van der Waals surface area contributed by atoms with E-state index in [2.05, 4.69) is 44.8 Å². The molecule has 1 heterocycles. The number of methoxy groups -OCH3 is 2. The minimum absolute atomic E-state index is 0.0477. The first-order valence-corrected chi connectivity index (χ1v) is 10.0. The van der Waals surface area contributed by atoms with Crippen LogP contribution in [-0.4, -0.2) is 47.8 Å². The molecular formula is C22H33N3O4. The third-order valence-corrected chi connectivity index (χ3v) is 4.80. The maximum absolute atomic E-state index is 12.8. The standard InChI is InChI=1S/C22H33N3O4/c1-8-15(2)25(20(26)14-22(3,4)5)12-11-19-23-21(24-29-19)16-9-10-17(27-6)18(13-16)28-7/h9-10,13,15H,8,11-12,14H2,1-7H3/t15-/m1/s1. The van der Waals surface area contributed by atoms with E-state index in [1.165, 1.54) is 0 Å². The van der Waals surface area contributed by atoms with Crippen molar-refractivity contribution >= 4 is 5.91 Å². The highest BCUT2D eigenvalue weighted by Crippen LogP contribution is 2.31. The summed E-state index contributed by atoms with van der Waals surface area (Å²) in [6.07, 6.45) is 1.93. The number of ether oxygens (including phenoxy) is 2. The summed E-state index contributed by atoms with van der Waals surface area (Å²) in [6.45, 7) is 10.9. The van der Waals surface area contributed by atoms with Crippen LogP contribution in [0.3, 0.4) is 0 Å². The Bertz CT molecular complexity index is 811. The predicted octanol–water partition coefficient (Wildman–Crippen LogP) is 4.36. The first kappa shape index (κ1) is 22.7. The van der Waals surface area contributed by atoms with E-state index in [1.54, 1.807) is 20.3 Å². The number of hydrogen-bond donors (Lipinski definition) is 0. The smallest absolute Gasteiger partial charge is 0.228 e. The molecule has 29 heavy (non-hydrogen) atoms. The second-order valence-electron chi connectivity index (χ2n) is 8.41. The lowest BCUT2D eigenvalue weighted by atomic mass is 9.91. The van der Waals surface area contributed by atoms with Gasteiger partial charge in [0.25, 0.3) is 0 Å². The zero-order chi connectivity index (χ0) is 21.6. The molecule has 0 N–H and O–H groups in total. The van der Waals surface area contributed by atoms with Crippen LogP contribution >= 0.6 is 0 Å². The summed E-state index contributed by atoms with van der Waals surface area (Å²) >= 11 is 0. The maximum Gasteiger partial charge on any atom is 0.228 e. The van der Waals surface area contributed by atoms with E-state index in [4.69, 9.17) is 14.0 Å². The highest BCUT2D eigenvalue weighted by Gasteiger charge is 2.24. The van der Waals surface area contributed by atoms with Gasteiger partial charge in [-0.2, -0.15) is 4.98 Å². The summed E-state index contributed by atoms with van der Waals surface area (Å²) in [7, 11) is 3.18. The fraction of sp³-hybridized carbons (Fsp3) is 0.591. The van der Waals surface area contributed by atoms with Gasteiger partial charge in [0, 0.05) is 31.0 Å². The molecule has 1 atom stereocenters. The molecule has 1 amide bonds. The molecule has 0 aliphatic rings. The van der Waals surface area contributed by atoms with Crippen molar-refractivity contribution in [3.63, 3.8) is 0 Å². The number of carbonyl (C=O) groups is 1. The van der Waals surface area contributed by atoms with Crippen LogP contribution in [-0.2, 0) is 11.2 Å². The highest BCUT2D eigenvalue weighted by molar-refractivity contribution is 5.77. The van der Waals surface area contributed by atoms with Crippen molar-refractivity contribution in [2.24, 2.45) is 5.41 Å². The summed E-state index contributed by atoms with van der Waals surface area (Å²) in [4.78, 5) is 19.2. The minimum atomic E-state index is -0.0477. The molecule has 0 aliphatic carbocycles. The lowest BCUT2D eigenvalue weighted by molar-refractivity contribution is -0.135. The summed E-state index contributed by atoms with van der Waals surface area (Å²) in [5.41, 5.74) is 0.730. The van der Waals surface area contributed by atoms with Gasteiger partial charge in [0.05, 0.1) is 14.2 Å². The molecule has 2 rings (SSSR count). The van der Waals surface area contributed by atoms with Gasteiger partial charge in [-0.3, -0.25) is 4.79 Å². The Morgan fingerprint density at radius 3 is 2.48 bits per heavy atom. The largest absolute Gasteiger partial charge is 0.493 e. The molecule has 0 unspecified atom stereocenters. The molecule has 7 heteroatoms. The second kappa shape index (κ2) is 9.76. The van der Waals surface area contributed by atoms with Gasteiger partial charge in [-0.15, -0.1) is 0 Å². The Labute approximate surface area is 173 Å². The van der Waals surface area contributed by atoms with Crippen molar-refractivity contribution in [1.82, 2.24) is 15.0 Å². The first-order chi connectivity index (χ1) is 13.7. The summed E-state index contributed by atoms with van der Waals surface area (Å²) in [5, 5.41) is 4.08. The van der Waals surface area contributed by atoms with E-state index >= 15 is 0 Å². The van der Waals surface area contributed by atoms with Crippen molar-refractivity contribution in [3.8, 4) is 22.9 Å². The van der Waals surface area contributed by atoms with E-state index in [9.17, 15) is 4.79 Å². The number of nitrogens with zero attached hydrogens (tertiary/aromatic N) is 3. The lowest BCUT2D eigenvalue weighted by Crippen LogP contribution is -2.41. The minimum Gasteiger partial charge on any atom is -0.493 e. The van der Waals surface area contributed by atoms with Gasteiger partial charge in [-0.05, 0) is 37.0 Å². The van der Waals surface area contributed by atoms with Crippen molar-refractivity contribution < 1.29 is 18.8 Å². The number of aromatic nitrogens is 2. The van der Waals surface area contributed by atoms with Crippen LogP contribution in [0.5, 0.6) is 11.5 Å². The van der Waals surface area contributed by atoms with E-state index < -0.39 is 0 Å². The summed E-state index contributed by atoms with van der Waals surface area (Å²) in [5.74, 6) is 2.39. The Morgan fingerprint density at radius 1 is 1.21 bits per heavy atom. The molecule has 0 fully saturated rings. The van der Waals surface area contributed by atoms with Gasteiger partial charge in [0.15, 0.2) is 11.5 Å². The zero-order valence-corrected chi connectivity index (χ0v) is 18.6. The van der Waals surface area contributed by atoms with Crippen LogP contribution in [0.25, 0.3) is 11.4 Å². The monoisotopic (exact) mass is 403 g/mol. The van der Waals surface area contributed by atoms with Gasteiger partial charge in [0.1, 0.15) is 0 Å². The molecule has 1 aromatic heterocycles. The number of carbonyl (C=O) groups excluding carboxylic acids is 1. The van der Waals surface area contributed by atoms with Crippen LogP contribution in [0.1, 0.15) is 53.4 Å². The molecule has 0 saturated carbocycles. The van der Waals surface area contributed by atoms with Crippen molar-refractivity contribution in [1.29, 1.82) is 0 Å². The normalized spacial score (nSPS) is 12.5. The average Bonchev–Trinajstić information content (AvgIpc) is 3.14. The third-order valence-electron chi connectivity index (χ3n) is 4.80. The van der Waals surface area contributed by atoms with E-state index in [-0.39, 0.29) is 17.4 Å². The highest BCUT2D eigenvalue weighted by atomic mass is 16.5. The predicted molar refractivity (Wildman–Crippen MR) is 112 cm³/mol. The molecule has 160 valence electrons.